The molecular weight excluding hydrogens is 294 g/mol. The molecule has 2 atom stereocenters. The largest absolute Gasteiger partial charge is 0.387 e. The molecule has 2 unspecified atom stereocenters. The third-order valence-electron chi connectivity index (χ3n) is 3.48. The molecule has 1 fully saturated rings. The normalized spacial score (nSPS) is 22.9. The number of nitrogens with zero attached hydrogens (tertiary/aromatic N) is 1. The third-order valence-corrected chi connectivity index (χ3v) is 6.33. The fraction of sp³-hybridized carbons (Fsp3) is 0.615. The van der Waals surface area contributed by atoms with Crippen molar-refractivity contribution in [2.45, 2.75) is 42.4 Å². The Morgan fingerprint density at radius 2 is 2.25 bits per heavy atom. The fourth-order valence-electron chi connectivity index (χ4n) is 2.54. The predicted molar refractivity (Wildman–Crippen MR) is 83.7 cm³/mol. The van der Waals surface area contributed by atoms with Crippen LogP contribution < -0.4 is 10.0 Å². The van der Waals surface area contributed by atoms with Gasteiger partial charge in [-0.3, -0.25) is 4.98 Å². The third kappa shape index (κ3) is 3.45. The zero-order valence-electron chi connectivity index (χ0n) is 11.8. The Morgan fingerprint density at radius 1 is 1.45 bits per heavy atom. The van der Waals surface area contributed by atoms with Crippen LogP contribution in [0.25, 0.3) is 0 Å². The smallest absolute Gasteiger partial charge is 0.244 e. The van der Waals surface area contributed by atoms with Crippen molar-refractivity contribution in [3.05, 3.63) is 18.5 Å². The molecule has 1 aromatic heterocycles. The minimum Gasteiger partial charge on any atom is -0.387 e. The molecule has 0 aliphatic heterocycles. The number of rotatable bonds is 6. The molecule has 20 heavy (non-hydrogen) atoms. The summed E-state index contributed by atoms with van der Waals surface area (Å²) < 4.78 is 27.9. The number of hydrogen-bond donors (Lipinski definition) is 2. The highest BCUT2D eigenvalue weighted by molar-refractivity contribution is 8.00. The van der Waals surface area contributed by atoms with Crippen LogP contribution in [-0.2, 0) is 10.0 Å². The van der Waals surface area contributed by atoms with Gasteiger partial charge in [0.25, 0.3) is 0 Å². The second-order valence-corrected chi connectivity index (χ2v) is 7.97. The molecule has 2 N–H and O–H groups in total. The summed E-state index contributed by atoms with van der Waals surface area (Å²) in [4.78, 5) is 4.14. The average Bonchev–Trinajstić information content (AvgIpc) is 2.86. The van der Waals surface area contributed by atoms with Crippen molar-refractivity contribution in [2.75, 3.05) is 18.1 Å². The molecule has 1 aliphatic rings. The van der Waals surface area contributed by atoms with Crippen molar-refractivity contribution in [3.63, 3.8) is 0 Å². The lowest BCUT2D eigenvalue weighted by Crippen LogP contribution is -2.39. The van der Waals surface area contributed by atoms with Crippen molar-refractivity contribution in [1.82, 2.24) is 9.71 Å². The summed E-state index contributed by atoms with van der Waals surface area (Å²) >= 11 is 1.83. The van der Waals surface area contributed by atoms with Crippen LogP contribution in [0.3, 0.4) is 0 Å². The van der Waals surface area contributed by atoms with Gasteiger partial charge in [-0.15, -0.1) is 0 Å². The quantitative estimate of drug-likeness (QED) is 0.841. The van der Waals surface area contributed by atoms with Gasteiger partial charge < -0.3 is 5.32 Å². The summed E-state index contributed by atoms with van der Waals surface area (Å²) in [5, 5.41) is 3.28. The molecule has 0 radical (unpaired) electrons. The van der Waals surface area contributed by atoms with E-state index in [0.29, 0.717) is 10.9 Å². The van der Waals surface area contributed by atoms with Crippen molar-refractivity contribution >= 4 is 27.5 Å². The van der Waals surface area contributed by atoms with Gasteiger partial charge in [0.2, 0.25) is 10.0 Å². The maximum Gasteiger partial charge on any atom is 0.244 e. The Labute approximate surface area is 125 Å². The van der Waals surface area contributed by atoms with Gasteiger partial charge in [0.1, 0.15) is 4.90 Å². The van der Waals surface area contributed by atoms with E-state index in [1.165, 1.54) is 6.20 Å². The molecular formula is C13H21N3O2S2. The minimum atomic E-state index is -3.53. The van der Waals surface area contributed by atoms with E-state index >= 15 is 0 Å². The van der Waals surface area contributed by atoms with Crippen LogP contribution in [0.15, 0.2) is 23.4 Å². The van der Waals surface area contributed by atoms with E-state index in [1.54, 1.807) is 19.3 Å². The SMILES string of the molecule is CCSC1CCCC1NS(=O)(=O)c1cnccc1NC. The van der Waals surface area contributed by atoms with E-state index < -0.39 is 10.0 Å². The van der Waals surface area contributed by atoms with Gasteiger partial charge in [0, 0.05) is 30.7 Å². The average molecular weight is 315 g/mol. The van der Waals surface area contributed by atoms with Crippen LogP contribution in [0, 0.1) is 0 Å². The number of anilines is 1. The standard InChI is InChI=1S/C13H21N3O2S2/c1-3-19-12-6-4-5-10(12)16-20(17,18)13-9-15-8-7-11(13)14-2/h7-10,12,16H,3-6H2,1-2H3,(H,14,15). The lowest BCUT2D eigenvalue weighted by atomic mass is 10.3. The predicted octanol–water partition coefficient (Wildman–Crippen LogP) is 2.08. The molecule has 0 amide bonds. The van der Waals surface area contributed by atoms with Crippen LogP contribution in [-0.4, -0.2) is 37.5 Å². The molecule has 1 aliphatic carbocycles. The van der Waals surface area contributed by atoms with E-state index in [4.69, 9.17) is 0 Å². The maximum atomic E-state index is 12.5. The first-order valence-electron chi connectivity index (χ1n) is 6.84. The van der Waals surface area contributed by atoms with E-state index in [9.17, 15) is 8.42 Å². The highest BCUT2D eigenvalue weighted by Crippen LogP contribution is 2.31. The van der Waals surface area contributed by atoms with Crippen LogP contribution in [0.2, 0.25) is 0 Å². The van der Waals surface area contributed by atoms with Crippen LogP contribution >= 0.6 is 11.8 Å². The number of nitrogens with one attached hydrogen (secondary N) is 2. The lowest BCUT2D eigenvalue weighted by molar-refractivity contribution is 0.555. The van der Waals surface area contributed by atoms with Gasteiger partial charge in [-0.2, -0.15) is 11.8 Å². The first kappa shape index (κ1) is 15.6. The number of aromatic nitrogens is 1. The fourth-order valence-corrected chi connectivity index (χ4v) is 5.29. The molecule has 0 bridgehead atoms. The van der Waals surface area contributed by atoms with Gasteiger partial charge in [-0.1, -0.05) is 13.3 Å². The Hall–Kier alpha value is -0.790. The Kier molecular flexibility index (Phi) is 5.29. The number of pyridine rings is 1. The Balaban J connectivity index is 2.18. The van der Waals surface area contributed by atoms with E-state index in [0.717, 1.165) is 25.0 Å². The Morgan fingerprint density at radius 3 is 2.95 bits per heavy atom. The minimum absolute atomic E-state index is 0.0230. The molecule has 1 aromatic rings. The molecule has 5 nitrogen and oxygen atoms in total. The summed E-state index contributed by atoms with van der Waals surface area (Å²) in [5.74, 6) is 1.01. The molecule has 112 valence electrons. The zero-order valence-corrected chi connectivity index (χ0v) is 13.4. The van der Waals surface area contributed by atoms with Crippen LogP contribution in [0.5, 0.6) is 0 Å². The topological polar surface area (TPSA) is 71.1 Å². The summed E-state index contributed by atoms with van der Waals surface area (Å²) in [6.07, 6.45) is 6.04. The van der Waals surface area contributed by atoms with Gasteiger partial charge in [0.15, 0.2) is 0 Å². The Bertz CT molecular complexity index is 548. The summed E-state index contributed by atoms with van der Waals surface area (Å²) in [6.45, 7) is 2.11. The number of sulfonamides is 1. The van der Waals surface area contributed by atoms with Crippen molar-refractivity contribution in [2.24, 2.45) is 0 Å². The highest BCUT2D eigenvalue weighted by Gasteiger charge is 2.32. The molecule has 0 aromatic carbocycles. The number of hydrogen-bond acceptors (Lipinski definition) is 5. The first-order chi connectivity index (χ1) is 9.58. The molecule has 0 saturated heterocycles. The zero-order chi connectivity index (χ0) is 14.6. The van der Waals surface area contributed by atoms with E-state index in [1.807, 2.05) is 11.8 Å². The number of thioether (sulfide) groups is 1. The molecule has 1 saturated carbocycles. The van der Waals surface area contributed by atoms with Gasteiger partial charge in [-0.25, -0.2) is 13.1 Å². The summed E-state index contributed by atoms with van der Waals surface area (Å²) in [7, 11) is -1.82. The summed E-state index contributed by atoms with van der Waals surface area (Å²) in [5.41, 5.74) is 0.574. The maximum absolute atomic E-state index is 12.5. The van der Waals surface area contributed by atoms with Crippen molar-refractivity contribution in [3.8, 4) is 0 Å². The summed E-state index contributed by atoms with van der Waals surface area (Å²) in [6, 6.07) is 1.69. The molecule has 0 spiro atoms. The second-order valence-electron chi connectivity index (χ2n) is 4.77. The highest BCUT2D eigenvalue weighted by atomic mass is 32.2. The molecule has 1 heterocycles. The molecule has 2 rings (SSSR count). The van der Waals surface area contributed by atoms with Crippen LogP contribution in [0.1, 0.15) is 26.2 Å². The van der Waals surface area contributed by atoms with E-state index in [2.05, 4.69) is 21.9 Å². The second kappa shape index (κ2) is 6.78. The van der Waals surface area contributed by atoms with Crippen LogP contribution in [0.4, 0.5) is 5.69 Å². The van der Waals surface area contributed by atoms with Gasteiger partial charge in [-0.05, 0) is 24.7 Å². The van der Waals surface area contributed by atoms with Gasteiger partial charge in [0.05, 0.1) is 5.69 Å². The van der Waals surface area contributed by atoms with Gasteiger partial charge >= 0.3 is 0 Å². The first-order valence-corrected chi connectivity index (χ1v) is 9.37. The van der Waals surface area contributed by atoms with Crippen molar-refractivity contribution in [1.29, 1.82) is 0 Å². The lowest BCUT2D eigenvalue weighted by Gasteiger charge is -2.20. The monoisotopic (exact) mass is 315 g/mol. The van der Waals surface area contributed by atoms with Crippen molar-refractivity contribution < 1.29 is 8.42 Å². The molecule has 7 heteroatoms. The van der Waals surface area contributed by atoms with E-state index in [-0.39, 0.29) is 10.9 Å².